The van der Waals surface area contributed by atoms with Gasteiger partial charge in [0.1, 0.15) is 11.3 Å². The molecule has 154 valence electrons. The first-order valence-electron chi connectivity index (χ1n) is 9.79. The summed E-state index contributed by atoms with van der Waals surface area (Å²) in [6.07, 6.45) is 0.996. The molecule has 0 fully saturated rings. The van der Waals surface area contributed by atoms with Gasteiger partial charge in [-0.1, -0.05) is 30.3 Å². The third kappa shape index (κ3) is 3.39. The molecule has 0 saturated heterocycles. The number of halogens is 1. The minimum Gasteiger partial charge on any atom is -0.368 e. The van der Waals surface area contributed by atoms with Crippen LogP contribution in [-0.4, -0.2) is 36.0 Å². The lowest BCUT2D eigenvalue weighted by molar-refractivity contribution is 0.545. The number of para-hydroxylation sites is 1. The molecule has 0 atom stereocenters. The van der Waals surface area contributed by atoms with Crippen LogP contribution in [0.5, 0.6) is 0 Å². The highest BCUT2D eigenvalue weighted by molar-refractivity contribution is 5.82. The molecule has 5 aromatic rings. The summed E-state index contributed by atoms with van der Waals surface area (Å²) in [5, 5.41) is 3.69. The van der Waals surface area contributed by atoms with Crippen molar-refractivity contribution >= 4 is 27.9 Å². The number of hydrogen-bond acceptors (Lipinski definition) is 6. The second kappa shape index (κ2) is 7.60. The average molecular weight is 415 g/mol. The van der Waals surface area contributed by atoms with Gasteiger partial charge in [-0.15, -0.1) is 0 Å². The number of nitrogens with zero attached hydrogens (tertiary/aromatic N) is 5. The van der Waals surface area contributed by atoms with Gasteiger partial charge in [-0.3, -0.25) is 9.36 Å². The monoisotopic (exact) mass is 415 g/mol. The third-order valence-electron chi connectivity index (χ3n) is 5.08. The highest BCUT2D eigenvalue weighted by atomic mass is 19.1. The number of anilines is 1. The van der Waals surface area contributed by atoms with Crippen LogP contribution in [-0.2, 0) is 6.42 Å². The fraction of sp³-hybridized carbons (Fsp3) is 0.136. The largest absolute Gasteiger partial charge is 0.368 e. The Morgan fingerprint density at radius 3 is 2.74 bits per heavy atom. The Labute approximate surface area is 175 Å². The van der Waals surface area contributed by atoms with E-state index in [1.165, 1.54) is 6.33 Å². The summed E-state index contributed by atoms with van der Waals surface area (Å²) < 4.78 is 15.3. The maximum absolute atomic E-state index is 13.7. The van der Waals surface area contributed by atoms with Crippen LogP contribution < -0.4 is 10.9 Å². The topological polar surface area (TPSA) is 101 Å². The number of fused-ring (bicyclic) bond motifs is 2. The number of rotatable bonds is 5. The maximum atomic E-state index is 13.7. The fourth-order valence-corrected chi connectivity index (χ4v) is 3.68. The summed E-state index contributed by atoms with van der Waals surface area (Å²) >= 11 is 0. The highest BCUT2D eigenvalue weighted by Crippen LogP contribution is 2.18. The van der Waals surface area contributed by atoms with Crippen molar-refractivity contribution in [2.45, 2.75) is 13.3 Å². The Kier molecular flexibility index (Phi) is 4.62. The summed E-state index contributed by atoms with van der Waals surface area (Å²) in [6, 6.07) is 15.0. The van der Waals surface area contributed by atoms with E-state index in [4.69, 9.17) is 4.98 Å². The molecule has 0 radical (unpaired) electrons. The fourth-order valence-electron chi connectivity index (χ4n) is 3.68. The van der Waals surface area contributed by atoms with Crippen molar-refractivity contribution < 1.29 is 4.39 Å². The minimum atomic E-state index is -0.847. The molecule has 0 amide bonds. The molecule has 3 heterocycles. The molecule has 0 bridgehead atoms. The van der Waals surface area contributed by atoms with E-state index in [-0.39, 0.29) is 11.4 Å². The Morgan fingerprint density at radius 1 is 1.06 bits per heavy atom. The van der Waals surface area contributed by atoms with E-state index in [0.717, 1.165) is 11.3 Å². The number of aromatic amines is 1. The Morgan fingerprint density at radius 2 is 1.90 bits per heavy atom. The second-order valence-electron chi connectivity index (χ2n) is 7.09. The number of nitrogens with one attached hydrogen (secondary N) is 2. The van der Waals surface area contributed by atoms with E-state index in [1.807, 2.05) is 55.5 Å². The van der Waals surface area contributed by atoms with Gasteiger partial charge in [0.25, 0.3) is 5.56 Å². The number of aromatic nitrogens is 6. The smallest absolute Gasteiger partial charge is 0.312 e. The molecule has 5 rings (SSSR count). The van der Waals surface area contributed by atoms with Crippen LogP contribution in [0.1, 0.15) is 11.4 Å². The van der Waals surface area contributed by atoms with Gasteiger partial charge in [0.05, 0.1) is 22.9 Å². The molecule has 0 saturated carbocycles. The zero-order valence-corrected chi connectivity index (χ0v) is 16.6. The van der Waals surface area contributed by atoms with Crippen LogP contribution in [0.4, 0.5) is 10.2 Å². The molecule has 9 heteroatoms. The van der Waals surface area contributed by atoms with Crippen LogP contribution in [0.2, 0.25) is 0 Å². The lowest BCUT2D eigenvalue weighted by Gasteiger charge is -2.15. The molecule has 0 aliphatic rings. The molecule has 0 unspecified atom stereocenters. The first-order chi connectivity index (χ1) is 15.1. The quantitative estimate of drug-likeness (QED) is 0.428. The molecule has 3 aromatic heterocycles. The van der Waals surface area contributed by atoms with E-state index in [1.54, 1.807) is 4.57 Å². The SMILES string of the molecule is Cc1cccc2nc(CCNc3nc(F)nc4[nH]cnc34)n(-c3ccccc3)c(=O)c12. The molecule has 0 spiro atoms. The van der Waals surface area contributed by atoms with Crippen molar-refractivity contribution in [2.24, 2.45) is 0 Å². The van der Waals surface area contributed by atoms with Crippen LogP contribution in [0.25, 0.3) is 27.8 Å². The van der Waals surface area contributed by atoms with E-state index < -0.39 is 6.08 Å². The van der Waals surface area contributed by atoms with E-state index in [2.05, 4.69) is 25.3 Å². The zero-order chi connectivity index (χ0) is 21.4. The van der Waals surface area contributed by atoms with Crippen molar-refractivity contribution in [3.63, 3.8) is 0 Å². The Hall–Kier alpha value is -4.14. The van der Waals surface area contributed by atoms with E-state index in [0.29, 0.717) is 40.9 Å². The first-order valence-corrected chi connectivity index (χ1v) is 9.79. The van der Waals surface area contributed by atoms with Crippen LogP contribution in [0, 0.1) is 13.0 Å². The van der Waals surface area contributed by atoms with Gasteiger partial charge < -0.3 is 10.3 Å². The van der Waals surface area contributed by atoms with Crippen molar-refractivity contribution in [1.29, 1.82) is 0 Å². The van der Waals surface area contributed by atoms with Gasteiger partial charge in [-0.25, -0.2) is 9.97 Å². The van der Waals surface area contributed by atoms with Gasteiger partial charge in [-0.2, -0.15) is 14.4 Å². The Balaban J connectivity index is 1.54. The van der Waals surface area contributed by atoms with Crippen molar-refractivity contribution in [3.05, 3.63) is 82.7 Å². The summed E-state index contributed by atoms with van der Waals surface area (Å²) in [5.41, 5.74) is 2.91. The first kappa shape index (κ1) is 18.9. The standard InChI is InChI=1S/C22H18FN7O/c1-13-6-5-9-15-17(13)21(31)30(14-7-3-2-4-8-14)16(27-15)10-11-24-19-18-20(26-12-25-18)29-22(23)28-19/h2-9,12H,10-11H2,1H3,(H2,24,25,26,28,29). The van der Waals surface area contributed by atoms with Gasteiger partial charge in [0, 0.05) is 13.0 Å². The summed E-state index contributed by atoms with van der Waals surface area (Å²) in [6.45, 7) is 2.27. The molecule has 31 heavy (non-hydrogen) atoms. The zero-order valence-electron chi connectivity index (χ0n) is 16.6. The predicted molar refractivity (Wildman–Crippen MR) is 116 cm³/mol. The van der Waals surface area contributed by atoms with Crippen LogP contribution in [0.15, 0.2) is 59.7 Å². The van der Waals surface area contributed by atoms with Crippen LogP contribution in [0.3, 0.4) is 0 Å². The molecular weight excluding hydrogens is 397 g/mol. The number of H-pyrrole nitrogens is 1. The molecule has 8 nitrogen and oxygen atoms in total. The second-order valence-corrected chi connectivity index (χ2v) is 7.09. The molecule has 2 N–H and O–H groups in total. The van der Waals surface area contributed by atoms with E-state index in [9.17, 15) is 9.18 Å². The predicted octanol–water partition coefficient (Wildman–Crippen LogP) is 3.15. The molecule has 0 aliphatic carbocycles. The van der Waals surface area contributed by atoms with Crippen LogP contribution >= 0.6 is 0 Å². The van der Waals surface area contributed by atoms with Crippen molar-refractivity contribution in [2.75, 3.05) is 11.9 Å². The van der Waals surface area contributed by atoms with Gasteiger partial charge in [-0.05, 0) is 30.7 Å². The summed E-state index contributed by atoms with van der Waals surface area (Å²) in [5.74, 6) is 0.878. The minimum absolute atomic E-state index is 0.118. The number of hydrogen-bond donors (Lipinski definition) is 2. The molecule has 2 aromatic carbocycles. The lowest BCUT2D eigenvalue weighted by Crippen LogP contribution is -2.26. The molecule has 0 aliphatic heterocycles. The van der Waals surface area contributed by atoms with Crippen molar-refractivity contribution in [1.82, 2.24) is 29.5 Å². The Bertz CT molecular complexity index is 1460. The number of imidazole rings is 1. The molecular formula is C22H18FN7O. The van der Waals surface area contributed by atoms with Gasteiger partial charge in [0.2, 0.25) is 0 Å². The van der Waals surface area contributed by atoms with Gasteiger partial charge in [0.15, 0.2) is 11.5 Å². The number of aryl methyl sites for hydroxylation is 1. The third-order valence-corrected chi connectivity index (χ3v) is 5.08. The number of benzene rings is 2. The highest BCUT2D eigenvalue weighted by Gasteiger charge is 2.15. The average Bonchev–Trinajstić information content (AvgIpc) is 3.23. The maximum Gasteiger partial charge on any atom is 0.312 e. The summed E-state index contributed by atoms with van der Waals surface area (Å²) in [4.78, 5) is 32.6. The normalized spacial score (nSPS) is 11.3. The van der Waals surface area contributed by atoms with Gasteiger partial charge >= 0.3 is 6.08 Å². The lowest BCUT2D eigenvalue weighted by atomic mass is 10.1. The van der Waals surface area contributed by atoms with E-state index >= 15 is 0 Å². The summed E-state index contributed by atoms with van der Waals surface area (Å²) in [7, 11) is 0. The van der Waals surface area contributed by atoms with Crippen molar-refractivity contribution in [3.8, 4) is 5.69 Å².